The summed E-state index contributed by atoms with van der Waals surface area (Å²) in [6.45, 7) is 4.20. The van der Waals surface area contributed by atoms with Crippen LogP contribution >= 0.6 is 15.9 Å². The highest BCUT2D eigenvalue weighted by molar-refractivity contribution is 9.10. The minimum atomic E-state index is 0.327. The van der Waals surface area contributed by atoms with Gasteiger partial charge in [-0.25, -0.2) is 4.68 Å². The summed E-state index contributed by atoms with van der Waals surface area (Å²) in [4.78, 5) is 0. The van der Waals surface area contributed by atoms with Crippen LogP contribution < -0.4 is 5.73 Å². The summed E-state index contributed by atoms with van der Waals surface area (Å²) in [5, 5.41) is 12.3. The van der Waals surface area contributed by atoms with Crippen molar-refractivity contribution in [2.45, 2.75) is 39.2 Å². The smallest absolute Gasteiger partial charge is 0.182 e. The van der Waals surface area contributed by atoms with Gasteiger partial charge in [-0.15, -0.1) is 5.10 Å². The Kier molecular flexibility index (Phi) is 3.50. The zero-order valence-corrected chi connectivity index (χ0v) is 13.3. The zero-order chi connectivity index (χ0) is 14.3. The highest BCUT2D eigenvalue weighted by Gasteiger charge is 2.28. The Balaban J connectivity index is 2.05. The molecule has 0 amide bonds. The van der Waals surface area contributed by atoms with Crippen LogP contribution in [0.5, 0.6) is 0 Å². The maximum absolute atomic E-state index is 6.04. The van der Waals surface area contributed by atoms with Gasteiger partial charge in [0.1, 0.15) is 0 Å². The van der Waals surface area contributed by atoms with Gasteiger partial charge in [0.2, 0.25) is 0 Å². The van der Waals surface area contributed by atoms with Gasteiger partial charge < -0.3 is 5.73 Å². The largest absolute Gasteiger partial charge is 0.398 e. The molecular formula is C14H18BrN5. The molecule has 1 aromatic heterocycles. The molecule has 0 bridgehead atoms. The fraction of sp³-hybridized carbons (Fsp3) is 0.500. The fourth-order valence-electron chi connectivity index (χ4n) is 2.70. The Morgan fingerprint density at radius 1 is 1.40 bits per heavy atom. The molecule has 1 aliphatic rings. The quantitative estimate of drug-likeness (QED) is 0.873. The number of hydrogen-bond acceptors (Lipinski definition) is 4. The molecule has 0 spiro atoms. The van der Waals surface area contributed by atoms with E-state index in [1.807, 2.05) is 23.7 Å². The Labute approximate surface area is 126 Å². The molecule has 1 heterocycles. The van der Waals surface area contributed by atoms with Crippen LogP contribution in [0, 0.1) is 12.8 Å². The molecule has 0 aliphatic heterocycles. The lowest BCUT2D eigenvalue weighted by Gasteiger charge is -2.31. The molecule has 20 heavy (non-hydrogen) atoms. The van der Waals surface area contributed by atoms with Crippen molar-refractivity contribution in [2.75, 3.05) is 5.73 Å². The third-order valence-electron chi connectivity index (χ3n) is 4.36. The molecule has 5 nitrogen and oxygen atoms in total. The summed E-state index contributed by atoms with van der Waals surface area (Å²) in [7, 11) is 0. The van der Waals surface area contributed by atoms with Gasteiger partial charge in [-0.2, -0.15) is 0 Å². The molecule has 0 saturated heterocycles. The van der Waals surface area contributed by atoms with E-state index in [1.54, 1.807) is 0 Å². The van der Waals surface area contributed by atoms with Crippen molar-refractivity contribution in [2.24, 2.45) is 5.92 Å². The molecular weight excluding hydrogens is 318 g/mol. The molecule has 2 N–H and O–H groups in total. The van der Waals surface area contributed by atoms with Gasteiger partial charge in [-0.1, -0.05) is 22.4 Å². The van der Waals surface area contributed by atoms with Crippen LogP contribution in [0.1, 0.15) is 37.8 Å². The Morgan fingerprint density at radius 3 is 2.80 bits per heavy atom. The first-order valence-electron chi connectivity index (χ1n) is 6.91. The first kappa shape index (κ1) is 13.5. The van der Waals surface area contributed by atoms with E-state index in [0.717, 1.165) is 27.1 Å². The maximum atomic E-state index is 6.04. The minimum absolute atomic E-state index is 0.327. The van der Waals surface area contributed by atoms with E-state index in [-0.39, 0.29) is 0 Å². The van der Waals surface area contributed by atoms with E-state index in [4.69, 9.17) is 5.73 Å². The molecule has 2 aromatic rings. The molecule has 1 atom stereocenters. The second-order valence-corrected chi connectivity index (χ2v) is 6.46. The van der Waals surface area contributed by atoms with Crippen LogP contribution in [-0.2, 0) is 0 Å². The topological polar surface area (TPSA) is 69.6 Å². The summed E-state index contributed by atoms with van der Waals surface area (Å²) in [5.74, 6) is 1.48. The lowest BCUT2D eigenvalue weighted by Crippen LogP contribution is -2.24. The number of benzene rings is 1. The van der Waals surface area contributed by atoms with Crippen molar-refractivity contribution >= 4 is 21.6 Å². The molecule has 1 saturated carbocycles. The molecule has 106 valence electrons. The average molecular weight is 336 g/mol. The zero-order valence-electron chi connectivity index (χ0n) is 11.7. The van der Waals surface area contributed by atoms with Crippen molar-refractivity contribution < 1.29 is 0 Å². The molecule has 6 heteroatoms. The highest BCUT2D eigenvalue weighted by Crippen LogP contribution is 2.38. The lowest BCUT2D eigenvalue weighted by molar-refractivity contribution is 0.210. The van der Waals surface area contributed by atoms with Gasteiger partial charge in [-0.3, -0.25) is 0 Å². The molecule has 1 aliphatic carbocycles. The molecule has 0 radical (unpaired) electrons. The number of nitrogen functional groups attached to an aromatic ring is 1. The molecule has 1 fully saturated rings. The number of aromatic nitrogens is 4. The third kappa shape index (κ3) is 2.22. The normalized spacial score (nSPS) is 16.9. The fourth-order valence-corrected chi connectivity index (χ4v) is 3.18. The number of hydrogen-bond donors (Lipinski definition) is 1. The van der Waals surface area contributed by atoms with Gasteiger partial charge in [0, 0.05) is 15.7 Å². The van der Waals surface area contributed by atoms with Crippen LogP contribution in [-0.4, -0.2) is 20.2 Å². The van der Waals surface area contributed by atoms with Crippen LogP contribution in [0.4, 0.5) is 5.69 Å². The third-order valence-corrected chi connectivity index (χ3v) is 4.82. The number of anilines is 1. The maximum Gasteiger partial charge on any atom is 0.182 e. The van der Waals surface area contributed by atoms with Gasteiger partial charge in [-0.05, 0) is 60.7 Å². The second kappa shape index (κ2) is 5.16. The average Bonchev–Trinajstić information content (AvgIpc) is 2.80. The first-order valence-corrected chi connectivity index (χ1v) is 7.71. The summed E-state index contributed by atoms with van der Waals surface area (Å²) < 4.78 is 2.89. The SMILES string of the molecule is Cc1c(N)cc(Br)cc1-c1nnnn1C(C)C1CCC1. The predicted octanol–water partition coefficient (Wildman–Crippen LogP) is 3.35. The lowest BCUT2D eigenvalue weighted by atomic mass is 9.80. The van der Waals surface area contributed by atoms with Crippen molar-refractivity contribution in [1.82, 2.24) is 20.2 Å². The van der Waals surface area contributed by atoms with Gasteiger partial charge in [0.15, 0.2) is 5.82 Å². The van der Waals surface area contributed by atoms with Gasteiger partial charge in [0.05, 0.1) is 6.04 Å². The Morgan fingerprint density at radius 2 is 2.15 bits per heavy atom. The summed E-state index contributed by atoms with van der Waals surface area (Å²) in [5.41, 5.74) is 8.81. The van der Waals surface area contributed by atoms with Crippen LogP contribution in [0.25, 0.3) is 11.4 Å². The number of nitrogens with two attached hydrogens (primary N) is 1. The van der Waals surface area contributed by atoms with Crippen LogP contribution in [0.3, 0.4) is 0 Å². The number of halogens is 1. The van der Waals surface area contributed by atoms with E-state index in [0.29, 0.717) is 12.0 Å². The predicted molar refractivity (Wildman–Crippen MR) is 82.2 cm³/mol. The van der Waals surface area contributed by atoms with E-state index in [1.165, 1.54) is 19.3 Å². The molecule has 1 aromatic carbocycles. The van der Waals surface area contributed by atoms with E-state index in [9.17, 15) is 0 Å². The van der Waals surface area contributed by atoms with Crippen molar-refractivity contribution in [3.63, 3.8) is 0 Å². The Hall–Kier alpha value is -1.43. The summed E-state index contributed by atoms with van der Waals surface area (Å²) in [6.07, 6.45) is 3.84. The number of nitrogens with zero attached hydrogens (tertiary/aromatic N) is 4. The van der Waals surface area contributed by atoms with Crippen LogP contribution in [0.2, 0.25) is 0 Å². The van der Waals surface area contributed by atoms with Gasteiger partial charge >= 0.3 is 0 Å². The number of rotatable bonds is 3. The molecule has 3 rings (SSSR count). The highest BCUT2D eigenvalue weighted by atomic mass is 79.9. The minimum Gasteiger partial charge on any atom is -0.398 e. The van der Waals surface area contributed by atoms with E-state index >= 15 is 0 Å². The second-order valence-electron chi connectivity index (χ2n) is 5.55. The standard InChI is InChI=1S/C14H18BrN5/c1-8-12(6-11(15)7-13(8)16)14-17-18-19-20(14)9(2)10-4-3-5-10/h6-7,9-10H,3-5,16H2,1-2H3. The van der Waals surface area contributed by atoms with Crippen molar-refractivity contribution in [3.8, 4) is 11.4 Å². The van der Waals surface area contributed by atoms with Crippen molar-refractivity contribution in [1.29, 1.82) is 0 Å². The van der Waals surface area contributed by atoms with E-state index in [2.05, 4.69) is 38.4 Å². The Bertz CT molecular complexity index is 632. The first-order chi connectivity index (χ1) is 9.58. The van der Waals surface area contributed by atoms with E-state index < -0.39 is 0 Å². The number of tetrazole rings is 1. The van der Waals surface area contributed by atoms with Crippen molar-refractivity contribution in [3.05, 3.63) is 22.2 Å². The van der Waals surface area contributed by atoms with Gasteiger partial charge in [0.25, 0.3) is 0 Å². The monoisotopic (exact) mass is 335 g/mol. The summed E-state index contributed by atoms with van der Waals surface area (Å²) >= 11 is 3.49. The van der Waals surface area contributed by atoms with Crippen LogP contribution in [0.15, 0.2) is 16.6 Å². The molecule has 1 unspecified atom stereocenters. The summed E-state index contributed by atoms with van der Waals surface area (Å²) in [6, 6.07) is 4.26.